The molecule has 0 amide bonds. The highest BCUT2D eigenvalue weighted by atomic mass is 32.2. The Morgan fingerprint density at radius 1 is 1.33 bits per heavy atom. The highest BCUT2D eigenvalue weighted by Gasteiger charge is 2.15. The average molecular weight is 210 g/mol. The molecule has 2 nitrogen and oxygen atoms in total. The fourth-order valence-corrected chi connectivity index (χ4v) is 1.84. The molecule has 4 heteroatoms. The average Bonchev–Trinajstić information content (AvgIpc) is 2.11. The number of aliphatic hydroxyl groups excluding tert-OH is 2. The van der Waals surface area contributed by atoms with Gasteiger partial charge in [-0.1, -0.05) is 13.8 Å². The second kappa shape index (κ2) is 7.06. The van der Waals surface area contributed by atoms with E-state index in [0.717, 1.165) is 6.42 Å². The summed E-state index contributed by atoms with van der Waals surface area (Å²) in [5.74, 6) is 0.916. The maximum atomic E-state index is 9.34. The SMILES string of the molecule is CCC(C)SCC(O)C(O)CS. The van der Waals surface area contributed by atoms with Crippen molar-refractivity contribution in [3.63, 3.8) is 0 Å². The van der Waals surface area contributed by atoms with E-state index in [1.54, 1.807) is 11.8 Å². The monoisotopic (exact) mass is 210 g/mol. The summed E-state index contributed by atoms with van der Waals surface area (Å²) in [6, 6.07) is 0. The zero-order chi connectivity index (χ0) is 9.56. The molecule has 0 saturated carbocycles. The fraction of sp³-hybridized carbons (Fsp3) is 1.00. The normalized spacial score (nSPS) is 18.8. The van der Waals surface area contributed by atoms with Crippen LogP contribution in [0.15, 0.2) is 0 Å². The van der Waals surface area contributed by atoms with E-state index < -0.39 is 12.2 Å². The quantitative estimate of drug-likeness (QED) is 0.576. The molecule has 0 aromatic heterocycles. The maximum Gasteiger partial charge on any atom is 0.0897 e. The van der Waals surface area contributed by atoms with Crippen LogP contribution in [0.3, 0.4) is 0 Å². The van der Waals surface area contributed by atoms with Crippen molar-refractivity contribution in [2.45, 2.75) is 37.7 Å². The molecular formula is C8H18O2S2. The van der Waals surface area contributed by atoms with E-state index in [4.69, 9.17) is 0 Å². The molecular weight excluding hydrogens is 192 g/mol. The molecule has 0 rings (SSSR count). The van der Waals surface area contributed by atoms with Crippen LogP contribution in [0.5, 0.6) is 0 Å². The predicted octanol–water partition coefficient (Wildman–Crippen LogP) is 1.17. The molecule has 0 fully saturated rings. The first-order valence-corrected chi connectivity index (χ1v) is 5.88. The Morgan fingerprint density at radius 2 is 1.92 bits per heavy atom. The largest absolute Gasteiger partial charge is 0.390 e. The van der Waals surface area contributed by atoms with Crippen molar-refractivity contribution in [3.8, 4) is 0 Å². The van der Waals surface area contributed by atoms with E-state index >= 15 is 0 Å². The van der Waals surface area contributed by atoms with E-state index in [2.05, 4.69) is 26.5 Å². The van der Waals surface area contributed by atoms with Crippen molar-refractivity contribution in [2.24, 2.45) is 0 Å². The number of hydrogen-bond donors (Lipinski definition) is 3. The fourth-order valence-electron chi connectivity index (χ4n) is 0.613. The molecule has 12 heavy (non-hydrogen) atoms. The van der Waals surface area contributed by atoms with Gasteiger partial charge in [-0.25, -0.2) is 0 Å². The Labute approximate surface area is 84.2 Å². The van der Waals surface area contributed by atoms with Crippen LogP contribution >= 0.6 is 24.4 Å². The second-order valence-corrected chi connectivity index (χ2v) is 4.71. The van der Waals surface area contributed by atoms with Crippen molar-refractivity contribution in [1.82, 2.24) is 0 Å². The van der Waals surface area contributed by atoms with Crippen molar-refractivity contribution < 1.29 is 10.2 Å². The molecule has 3 atom stereocenters. The van der Waals surface area contributed by atoms with E-state index in [9.17, 15) is 10.2 Å². The van der Waals surface area contributed by atoms with Crippen LogP contribution < -0.4 is 0 Å². The van der Waals surface area contributed by atoms with Gasteiger partial charge in [0.1, 0.15) is 0 Å². The molecule has 0 aliphatic heterocycles. The highest BCUT2D eigenvalue weighted by Crippen LogP contribution is 2.15. The van der Waals surface area contributed by atoms with Gasteiger partial charge in [-0.3, -0.25) is 0 Å². The van der Waals surface area contributed by atoms with Crippen LogP contribution in [0, 0.1) is 0 Å². The lowest BCUT2D eigenvalue weighted by Gasteiger charge is -2.17. The summed E-state index contributed by atoms with van der Waals surface area (Å²) >= 11 is 5.59. The zero-order valence-electron chi connectivity index (χ0n) is 7.60. The summed E-state index contributed by atoms with van der Waals surface area (Å²) in [7, 11) is 0. The van der Waals surface area contributed by atoms with Gasteiger partial charge in [0.15, 0.2) is 0 Å². The number of hydrogen-bond acceptors (Lipinski definition) is 4. The van der Waals surface area contributed by atoms with Crippen LogP contribution in [-0.2, 0) is 0 Å². The molecule has 2 N–H and O–H groups in total. The van der Waals surface area contributed by atoms with Gasteiger partial charge in [0, 0.05) is 16.8 Å². The summed E-state index contributed by atoms with van der Waals surface area (Å²) in [5, 5.41) is 19.1. The molecule has 0 aromatic rings. The van der Waals surface area contributed by atoms with E-state index in [-0.39, 0.29) is 0 Å². The number of thioether (sulfide) groups is 1. The van der Waals surface area contributed by atoms with Gasteiger partial charge in [0.05, 0.1) is 12.2 Å². The Kier molecular flexibility index (Phi) is 7.43. The molecule has 3 unspecified atom stereocenters. The summed E-state index contributed by atoms with van der Waals surface area (Å²) in [5.41, 5.74) is 0. The Morgan fingerprint density at radius 3 is 2.33 bits per heavy atom. The third-order valence-electron chi connectivity index (χ3n) is 1.76. The molecule has 0 radical (unpaired) electrons. The molecule has 0 aliphatic carbocycles. The minimum Gasteiger partial charge on any atom is -0.390 e. The molecule has 0 saturated heterocycles. The van der Waals surface area contributed by atoms with Gasteiger partial charge in [0.2, 0.25) is 0 Å². The molecule has 0 aliphatic rings. The topological polar surface area (TPSA) is 40.5 Å². The second-order valence-electron chi connectivity index (χ2n) is 2.87. The van der Waals surface area contributed by atoms with E-state index in [0.29, 0.717) is 16.8 Å². The molecule has 0 heterocycles. The first-order chi connectivity index (χ1) is 5.61. The minimum absolute atomic E-state index is 0.322. The van der Waals surface area contributed by atoms with Gasteiger partial charge in [-0.2, -0.15) is 24.4 Å². The molecule has 74 valence electrons. The number of rotatable bonds is 6. The van der Waals surface area contributed by atoms with Crippen molar-refractivity contribution in [1.29, 1.82) is 0 Å². The standard InChI is InChI=1S/C8H18O2S2/c1-3-6(2)12-5-8(10)7(9)4-11/h6-11H,3-5H2,1-2H3. The van der Waals surface area contributed by atoms with Crippen LogP contribution in [0.4, 0.5) is 0 Å². The van der Waals surface area contributed by atoms with Crippen LogP contribution in [-0.4, -0.2) is 39.2 Å². The first-order valence-electron chi connectivity index (χ1n) is 4.20. The lowest BCUT2D eigenvalue weighted by atomic mass is 10.3. The Hall–Kier alpha value is 0.620. The molecule has 0 spiro atoms. The highest BCUT2D eigenvalue weighted by molar-refractivity contribution is 7.99. The van der Waals surface area contributed by atoms with E-state index in [1.165, 1.54) is 0 Å². The van der Waals surface area contributed by atoms with Crippen LogP contribution in [0.1, 0.15) is 20.3 Å². The Balaban J connectivity index is 3.49. The molecule has 0 bridgehead atoms. The van der Waals surface area contributed by atoms with Gasteiger partial charge >= 0.3 is 0 Å². The zero-order valence-corrected chi connectivity index (χ0v) is 9.31. The smallest absolute Gasteiger partial charge is 0.0897 e. The lowest BCUT2D eigenvalue weighted by molar-refractivity contribution is 0.0501. The minimum atomic E-state index is -0.690. The van der Waals surface area contributed by atoms with E-state index in [1.807, 2.05) is 0 Å². The number of thiol groups is 1. The number of aliphatic hydroxyl groups is 2. The van der Waals surface area contributed by atoms with Gasteiger partial charge in [-0.15, -0.1) is 0 Å². The third-order valence-corrected chi connectivity index (χ3v) is 3.57. The van der Waals surface area contributed by atoms with Crippen LogP contribution in [0.2, 0.25) is 0 Å². The van der Waals surface area contributed by atoms with Crippen molar-refractivity contribution in [3.05, 3.63) is 0 Å². The Bertz CT molecular complexity index is 111. The summed E-state index contributed by atoms with van der Waals surface area (Å²) in [6.45, 7) is 4.23. The summed E-state index contributed by atoms with van der Waals surface area (Å²) in [4.78, 5) is 0. The van der Waals surface area contributed by atoms with Gasteiger partial charge in [0.25, 0.3) is 0 Å². The van der Waals surface area contributed by atoms with Crippen molar-refractivity contribution in [2.75, 3.05) is 11.5 Å². The first kappa shape index (κ1) is 12.6. The summed E-state index contributed by atoms with van der Waals surface area (Å²) in [6.07, 6.45) is -0.236. The summed E-state index contributed by atoms with van der Waals surface area (Å²) < 4.78 is 0. The predicted molar refractivity (Wildman–Crippen MR) is 58.1 cm³/mol. The lowest BCUT2D eigenvalue weighted by Crippen LogP contribution is -2.30. The van der Waals surface area contributed by atoms with Crippen molar-refractivity contribution >= 4 is 24.4 Å². The van der Waals surface area contributed by atoms with Gasteiger partial charge < -0.3 is 10.2 Å². The van der Waals surface area contributed by atoms with Crippen LogP contribution in [0.25, 0.3) is 0 Å². The molecule has 0 aromatic carbocycles. The maximum absolute atomic E-state index is 9.34. The third kappa shape index (κ3) is 5.30. The van der Waals surface area contributed by atoms with Gasteiger partial charge in [-0.05, 0) is 6.42 Å².